The Hall–Kier alpha value is -2.44. The number of aryl methyl sites for hydroxylation is 2. The van der Waals surface area contributed by atoms with Crippen LogP contribution in [0.15, 0.2) is 30.9 Å². The summed E-state index contributed by atoms with van der Waals surface area (Å²) in [5.41, 5.74) is 0.850. The fraction of sp³-hybridized carbons (Fsp3) is 0.500. The first-order valence-corrected chi connectivity index (χ1v) is 7.99. The molecular formula is C16H22N6O. The van der Waals surface area contributed by atoms with E-state index in [1.54, 1.807) is 24.8 Å². The van der Waals surface area contributed by atoms with Crippen molar-refractivity contribution in [3.63, 3.8) is 0 Å². The predicted molar refractivity (Wildman–Crippen MR) is 86.9 cm³/mol. The molecule has 0 saturated carbocycles. The van der Waals surface area contributed by atoms with E-state index in [9.17, 15) is 4.79 Å². The van der Waals surface area contributed by atoms with Crippen molar-refractivity contribution in [1.82, 2.24) is 25.1 Å². The summed E-state index contributed by atoms with van der Waals surface area (Å²) in [5.74, 6) is 1.18. The minimum atomic E-state index is 0.0764. The van der Waals surface area contributed by atoms with Crippen LogP contribution in [-0.2, 0) is 18.3 Å². The van der Waals surface area contributed by atoms with Crippen LogP contribution in [0.3, 0.4) is 0 Å². The lowest BCUT2D eigenvalue weighted by atomic mass is 10.1. The highest BCUT2D eigenvalue weighted by Crippen LogP contribution is 2.18. The number of anilines is 1. The normalized spacial score (nSPS) is 18.0. The Bertz CT molecular complexity index is 641. The number of nitrogens with one attached hydrogen (secondary N) is 1. The minimum absolute atomic E-state index is 0.0764. The van der Waals surface area contributed by atoms with Gasteiger partial charge in [0.1, 0.15) is 5.82 Å². The summed E-state index contributed by atoms with van der Waals surface area (Å²) in [6.45, 7) is 1.84. The van der Waals surface area contributed by atoms with Gasteiger partial charge in [-0.15, -0.1) is 0 Å². The van der Waals surface area contributed by atoms with Crippen molar-refractivity contribution in [1.29, 1.82) is 0 Å². The quantitative estimate of drug-likeness (QED) is 0.888. The average molecular weight is 314 g/mol. The van der Waals surface area contributed by atoms with E-state index >= 15 is 0 Å². The van der Waals surface area contributed by atoms with Gasteiger partial charge in [-0.25, -0.2) is 0 Å². The van der Waals surface area contributed by atoms with Crippen molar-refractivity contribution >= 4 is 11.7 Å². The molecule has 3 heterocycles. The van der Waals surface area contributed by atoms with Gasteiger partial charge < -0.3 is 10.2 Å². The highest BCUT2D eigenvalue weighted by atomic mass is 16.1. The van der Waals surface area contributed by atoms with Crippen molar-refractivity contribution < 1.29 is 4.79 Å². The maximum Gasteiger partial charge on any atom is 0.220 e. The molecule has 0 aliphatic carbocycles. The molecule has 1 amide bonds. The first-order valence-electron chi connectivity index (χ1n) is 7.99. The lowest BCUT2D eigenvalue weighted by molar-refractivity contribution is -0.121. The molecule has 0 unspecified atom stereocenters. The summed E-state index contributed by atoms with van der Waals surface area (Å²) in [7, 11) is 1.94. The first kappa shape index (κ1) is 15.5. The number of piperidine rings is 1. The van der Waals surface area contributed by atoms with Crippen LogP contribution >= 0.6 is 0 Å². The summed E-state index contributed by atoms with van der Waals surface area (Å²) in [4.78, 5) is 22.6. The number of hydrogen-bond acceptors (Lipinski definition) is 5. The van der Waals surface area contributed by atoms with E-state index in [1.165, 1.54) is 0 Å². The monoisotopic (exact) mass is 314 g/mol. The van der Waals surface area contributed by atoms with E-state index in [2.05, 4.69) is 25.3 Å². The molecule has 0 aromatic carbocycles. The molecule has 1 fully saturated rings. The maximum absolute atomic E-state index is 12.1. The highest BCUT2D eigenvalue weighted by Gasteiger charge is 2.22. The van der Waals surface area contributed by atoms with Gasteiger partial charge in [-0.3, -0.25) is 19.4 Å². The van der Waals surface area contributed by atoms with Gasteiger partial charge in [0.05, 0.1) is 11.9 Å². The maximum atomic E-state index is 12.1. The second-order valence-electron chi connectivity index (χ2n) is 5.86. The van der Waals surface area contributed by atoms with Crippen molar-refractivity contribution in [3.05, 3.63) is 36.5 Å². The molecule has 0 radical (unpaired) electrons. The lowest BCUT2D eigenvalue weighted by Gasteiger charge is -2.34. The Morgan fingerprint density at radius 1 is 1.39 bits per heavy atom. The third kappa shape index (κ3) is 4.06. The van der Waals surface area contributed by atoms with Gasteiger partial charge >= 0.3 is 0 Å². The lowest BCUT2D eigenvalue weighted by Crippen LogP contribution is -2.48. The molecule has 1 aliphatic rings. The molecule has 1 N–H and O–H groups in total. The van der Waals surface area contributed by atoms with E-state index in [0.29, 0.717) is 12.8 Å². The van der Waals surface area contributed by atoms with Gasteiger partial charge in [-0.05, 0) is 19.3 Å². The van der Waals surface area contributed by atoms with E-state index in [1.807, 2.05) is 17.8 Å². The molecule has 122 valence electrons. The summed E-state index contributed by atoms with van der Waals surface area (Å²) >= 11 is 0. The molecule has 1 aliphatic heterocycles. The van der Waals surface area contributed by atoms with Gasteiger partial charge in [0, 0.05) is 57.3 Å². The van der Waals surface area contributed by atoms with Crippen LogP contribution < -0.4 is 10.2 Å². The van der Waals surface area contributed by atoms with Crippen LogP contribution in [0.2, 0.25) is 0 Å². The zero-order valence-electron chi connectivity index (χ0n) is 13.4. The van der Waals surface area contributed by atoms with Crippen LogP contribution in [0.1, 0.15) is 25.0 Å². The van der Waals surface area contributed by atoms with E-state index < -0.39 is 0 Å². The van der Waals surface area contributed by atoms with Crippen molar-refractivity contribution in [3.8, 4) is 0 Å². The smallest absolute Gasteiger partial charge is 0.220 e. The molecule has 3 rings (SSSR count). The Balaban J connectivity index is 1.49. The van der Waals surface area contributed by atoms with Crippen LogP contribution in [0.5, 0.6) is 0 Å². The number of nitrogens with zero attached hydrogens (tertiary/aromatic N) is 5. The topological polar surface area (TPSA) is 75.9 Å². The van der Waals surface area contributed by atoms with Gasteiger partial charge in [-0.2, -0.15) is 5.10 Å². The van der Waals surface area contributed by atoms with Crippen LogP contribution in [0.4, 0.5) is 5.82 Å². The summed E-state index contributed by atoms with van der Waals surface area (Å²) in [6, 6.07) is 2.20. The number of aromatic nitrogens is 4. The first-order chi connectivity index (χ1) is 11.2. The molecule has 2 aromatic rings. The minimum Gasteiger partial charge on any atom is -0.355 e. The number of amides is 1. The fourth-order valence-electron chi connectivity index (χ4n) is 2.98. The Kier molecular flexibility index (Phi) is 4.85. The molecule has 1 saturated heterocycles. The Labute approximate surface area is 135 Å². The average Bonchev–Trinajstić information content (AvgIpc) is 3.00. The third-order valence-corrected chi connectivity index (χ3v) is 4.13. The molecule has 0 bridgehead atoms. The van der Waals surface area contributed by atoms with Crippen LogP contribution in [0.25, 0.3) is 0 Å². The number of hydrogen-bond donors (Lipinski definition) is 1. The molecule has 7 nitrogen and oxygen atoms in total. The van der Waals surface area contributed by atoms with Crippen molar-refractivity contribution in [2.24, 2.45) is 7.05 Å². The molecule has 1 atom stereocenters. The zero-order chi connectivity index (χ0) is 16.1. The SMILES string of the molecule is Cn1nccc1N1CCC[C@H](NC(=O)CCc2cnccn2)C1. The summed E-state index contributed by atoms with van der Waals surface area (Å²) in [5, 5.41) is 7.36. The van der Waals surface area contributed by atoms with Crippen LogP contribution in [-0.4, -0.2) is 44.8 Å². The van der Waals surface area contributed by atoms with E-state index in [4.69, 9.17) is 0 Å². The van der Waals surface area contributed by atoms with Gasteiger partial charge in [-0.1, -0.05) is 0 Å². The van der Waals surface area contributed by atoms with Crippen molar-refractivity contribution in [2.45, 2.75) is 31.7 Å². The van der Waals surface area contributed by atoms with Crippen LogP contribution in [0, 0.1) is 0 Å². The molecule has 23 heavy (non-hydrogen) atoms. The zero-order valence-corrected chi connectivity index (χ0v) is 13.4. The Morgan fingerprint density at radius 2 is 2.30 bits per heavy atom. The Morgan fingerprint density at radius 3 is 3.04 bits per heavy atom. The number of rotatable bonds is 5. The largest absolute Gasteiger partial charge is 0.355 e. The summed E-state index contributed by atoms with van der Waals surface area (Å²) in [6.07, 6.45) is 9.96. The standard InChI is InChI=1S/C16H22N6O/c1-21-16(6-7-19-21)22-10-2-3-14(12-22)20-15(23)5-4-13-11-17-8-9-18-13/h6-9,11,14H,2-5,10,12H2,1H3,(H,20,23)/t14-/m0/s1. The summed E-state index contributed by atoms with van der Waals surface area (Å²) < 4.78 is 1.87. The molecule has 7 heteroatoms. The number of carbonyl (C=O) groups excluding carboxylic acids is 1. The second kappa shape index (κ2) is 7.21. The molecule has 0 spiro atoms. The second-order valence-corrected chi connectivity index (χ2v) is 5.86. The third-order valence-electron chi connectivity index (χ3n) is 4.13. The predicted octanol–water partition coefficient (Wildman–Crippen LogP) is 0.928. The highest BCUT2D eigenvalue weighted by molar-refractivity contribution is 5.76. The number of carbonyl (C=O) groups is 1. The van der Waals surface area contributed by atoms with Gasteiger partial charge in [0.15, 0.2) is 0 Å². The van der Waals surface area contributed by atoms with Crippen molar-refractivity contribution in [2.75, 3.05) is 18.0 Å². The van der Waals surface area contributed by atoms with Gasteiger partial charge in [0.2, 0.25) is 5.91 Å². The van der Waals surface area contributed by atoms with Gasteiger partial charge in [0.25, 0.3) is 0 Å². The molecular weight excluding hydrogens is 292 g/mol. The van der Waals surface area contributed by atoms with E-state index in [-0.39, 0.29) is 11.9 Å². The molecule has 2 aromatic heterocycles. The fourth-order valence-corrected chi connectivity index (χ4v) is 2.98. The van der Waals surface area contributed by atoms with E-state index in [0.717, 1.165) is 37.4 Å².